The number of likely N-dealkylation sites (tertiary alicyclic amines) is 1. The number of hydrogen-bond acceptors (Lipinski definition) is 5. The van der Waals surface area contributed by atoms with Crippen LogP contribution in [0.1, 0.15) is 25.5 Å². The Hall–Kier alpha value is -1.14. The van der Waals surface area contributed by atoms with E-state index >= 15 is 0 Å². The van der Waals surface area contributed by atoms with Crippen LogP contribution in [-0.4, -0.2) is 42.0 Å². The van der Waals surface area contributed by atoms with Crippen molar-refractivity contribution in [1.82, 2.24) is 15.2 Å². The van der Waals surface area contributed by atoms with Crippen molar-refractivity contribution in [3.63, 3.8) is 0 Å². The summed E-state index contributed by atoms with van der Waals surface area (Å²) in [5.41, 5.74) is 6.29. The molecule has 0 spiro atoms. The minimum absolute atomic E-state index is 0.0238. The van der Waals surface area contributed by atoms with E-state index in [4.69, 9.17) is 5.73 Å². The van der Waals surface area contributed by atoms with Gasteiger partial charge in [0.05, 0.1) is 12.1 Å². The van der Waals surface area contributed by atoms with Crippen LogP contribution >= 0.6 is 11.3 Å². The van der Waals surface area contributed by atoms with Crippen LogP contribution in [0.25, 0.3) is 0 Å². The van der Waals surface area contributed by atoms with Gasteiger partial charge in [-0.1, -0.05) is 6.92 Å². The smallest absolute Gasteiger partial charge is 0.226 e. The van der Waals surface area contributed by atoms with Gasteiger partial charge in [0.2, 0.25) is 5.91 Å². The van der Waals surface area contributed by atoms with E-state index < -0.39 is 0 Å². The van der Waals surface area contributed by atoms with Crippen molar-refractivity contribution in [2.24, 2.45) is 5.92 Å². The molecule has 0 unspecified atom stereocenters. The lowest BCUT2D eigenvalue weighted by atomic mass is 9.99. The first kappa shape index (κ1) is 14.3. The molecular weight excluding hydrogens is 260 g/mol. The number of aromatic nitrogens is 1. The lowest BCUT2D eigenvalue weighted by Crippen LogP contribution is -2.39. The molecule has 3 N–H and O–H groups in total. The fourth-order valence-electron chi connectivity index (χ4n) is 2.27. The molecule has 0 aliphatic carbocycles. The summed E-state index contributed by atoms with van der Waals surface area (Å²) >= 11 is 1.37. The molecule has 0 aromatic carbocycles. The predicted octanol–water partition coefficient (Wildman–Crippen LogP) is 1.12. The predicted molar refractivity (Wildman–Crippen MR) is 78.1 cm³/mol. The second kappa shape index (κ2) is 6.86. The summed E-state index contributed by atoms with van der Waals surface area (Å²) in [7, 11) is 0. The van der Waals surface area contributed by atoms with Crippen LogP contribution in [0.2, 0.25) is 0 Å². The third-order valence-electron chi connectivity index (χ3n) is 3.54. The number of rotatable bonds is 5. The van der Waals surface area contributed by atoms with E-state index in [1.807, 2.05) is 5.38 Å². The Kier molecular flexibility index (Phi) is 5.15. The second-order valence-electron chi connectivity index (χ2n) is 5.23. The minimum atomic E-state index is 0.0238. The quantitative estimate of drug-likeness (QED) is 0.849. The van der Waals surface area contributed by atoms with Crippen LogP contribution < -0.4 is 11.1 Å². The maximum Gasteiger partial charge on any atom is 0.226 e. The molecule has 1 aromatic rings. The van der Waals surface area contributed by atoms with Crippen molar-refractivity contribution >= 4 is 22.4 Å². The topological polar surface area (TPSA) is 71.2 Å². The number of carbonyl (C=O) groups excluding carboxylic acids is 1. The Morgan fingerprint density at radius 1 is 1.58 bits per heavy atom. The lowest BCUT2D eigenvalue weighted by molar-refractivity contribution is -0.120. The van der Waals surface area contributed by atoms with E-state index in [1.54, 1.807) is 0 Å². The average Bonchev–Trinajstić information content (AvgIpc) is 2.77. The molecule has 1 saturated heterocycles. The Labute approximate surface area is 118 Å². The van der Waals surface area contributed by atoms with E-state index in [-0.39, 0.29) is 5.91 Å². The van der Waals surface area contributed by atoms with Crippen molar-refractivity contribution in [3.8, 4) is 0 Å². The molecule has 6 heteroatoms. The van der Waals surface area contributed by atoms with Gasteiger partial charge in [-0.05, 0) is 31.8 Å². The summed E-state index contributed by atoms with van der Waals surface area (Å²) in [5.74, 6) is 0.872. The van der Waals surface area contributed by atoms with Gasteiger partial charge in [-0.3, -0.25) is 4.79 Å². The van der Waals surface area contributed by atoms with Crippen molar-refractivity contribution in [3.05, 3.63) is 11.1 Å². The third kappa shape index (κ3) is 4.80. The molecule has 0 atom stereocenters. The van der Waals surface area contributed by atoms with E-state index in [2.05, 4.69) is 22.1 Å². The molecule has 0 radical (unpaired) electrons. The summed E-state index contributed by atoms with van der Waals surface area (Å²) in [6, 6.07) is 0. The molecule has 1 fully saturated rings. The van der Waals surface area contributed by atoms with E-state index in [0.717, 1.165) is 31.2 Å². The van der Waals surface area contributed by atoms with Crippen LogP contribution in [0.4, 0.5) is 5.13 Å². The number of carbonyl (C=O) groups is 1. The van der Waals surface area contributed by atoms with Crippen LogP contribution in [0.5, 0.6) is 0 Å². The molecule has 1 amide bonds. The van der Waals surface area contributed by atoms with Gasteiger partial charge in [-0.15, -0.1) is 11.3 Å². The number of nitrogens with one attached hydrogen (secondary N) is 1. The molecule has 0 saturated carbocycles. The molecule has 19 heavy (non-hydrogen) atoms. The van der Waals surface area contributed by atoms with Gasteiger partial charge in [-0.2, -0.15) is 0 Å². The number of nitrogens with zero attached hydrogens (tertiary/aromatic N) is 2. The van der Waals surface area contributed by atoms with Crippen LogP contribution in [0.15, 0.2) is 5.38 Å². The summed E-state index contributed by atoms with van der Waals surface area (Å²) in [4.78, 5) is 18.2. The van der Waals surface area contributed by atoms with Gasteiger partial charge >= 0.3 is 0 Å². The van der Waals surface area contributed by atoms with Crippen LogP contribution in [0.3, 0.4) is 0 Å². The first-order valence-corrected chi connectivity index (χ1v) is 7.70. The van der Waals surface area contributed by atoms with E-state index in [0.29, 0.717) is 18.1 Å². The fourth-order valence-corrected chi connectivity index (χ4v) is 2.83. The largest absolute Gasteiger partial charge is 0.375 e. The molecule has 1 aliphatic rings. The summed E-state index contributed by atoms with van der Waals surface area (Å²) in [5, 5.41) is 5.30. The highest BCUT2D eigenvalue weighted by molar-refractivity contribution is 7.13. The van der Waals surface area contributed by atoms with Gasteiger partial charge in [0.1, 0.15) is 0 Å². The Morgan fingerprint density at radius 2 is 2.32 bits per heavy atom. The zero-order chi connectivity index (χ0) is 13.7. The highest BCUT2D eigenvalue weighted by Crippen LogP contribution is 2.15. The number of nitrogens with two attached hydrogens (primary N) is 1. The standard InChI is InChI=1S/C13H22N4OS/c1-10-2-5-17(6-3-10)7-4-15-12(18)8-11-9-19-13(14)16-11/h9-10H,2-8H2,1H3,(H2,14,16)(H,15,18). The fraction of sp³-hybridized carbons (Fsp3) is 0.692. The van der Waals surface area contributed by atoms with Crippen molar-refractivity contribution in [1.29, 1.82) is 0 Å². The lowest BCUT2D eigenvalue weighted by Gasteiger charge is -2.30. The zero-order valence-electron chi connectivity index (χ0n) is 11.4. The average molecular weight is 282 g/mol. The van der Waals surface area contributed by atoms with Crippen molar-refractivity contribution in [2.75, 3.05) is 31.9 Å². The molecule has 2 rings (SSSR count). The maximum absolute atomic E-state index is 11.7. The molecule has 0 bridgehead atoms. The molecule has 1 aromatic heterocycles. The normalized spacial score (nSPS) is 17.5. The first-order chi connectivity index (χ1) is 9.13. The van der Waals surface area contributed by atoms with Gasteiger partial charge in [0.25, 0.3) is 0 Å². The zero-order valence-corrected chi connectivity index (χ0v) is 12.2. The van der Waals surface area contributed by atoms with Gasteiger partial charge in [-0.25, -0.2) is 4.98 Å². The van der Waals surface area contributed by atoms with Gasteiger partial charge in [0, 0.05) is 18.5 Å². The maximum atomic E-state index is 11.7. The number of amides is 1. The van der Waals surface area contributed by atoms with Crippen LogP contribution in [-0.2, 0) is 11.2 Å². The number of hydrogen-bond donors (Lipinski definition) is 2. The number of piperidine rings is 1. The molecule has 5 nitrogen and oxygen atoms in total. The van der Waals surface area contributed by atoms with Gasteiger partial charge in [0.15, 0.2) is 5.13 Å². The van der Waals surface area contributed by atoms with E-state index in [1.165, 1.54) is 24.2 Å². The van der Waals surface area contributed by atoms with Gasteiger partial charge < -0.3 is 16.0 Å². The molecule has 106 valence electrons. The highest BCUT2D eigenvalue weighted by Gasteiger charge is 2.15. The summed E-state index contributed by atoms with van der Waals surface area (Å²) < 4.78 is 0. The monoisotopic (exact) mass is 282 g/mol. The molecule has 2 heterocycles. The minimum Gasteiger partial charge on any atom is -0.375 e. The number of anilines is 1. The SMILES string of the molecule is CC1CCN(CCNC(=O)Cc2csc(N)n2)CC1. The van der Waals surface area contributed by atoms with Crippen molar-refractivity contribution < 1.29 is 4.79 Å². The molecule has 1 aliphatic heterocycles. The van der Waals surface area contributed by atoms with Crippen LogP contribution in [0, 0.1) is 5.92 Å². The Morgan fingerprint density at radius 3 is 2.95 bits per heavy atom. The second-order valence-corrected chi connectivity index (χ2v) is 6.12. The summed E-state index contributed by atoms with van der Waals surface area (Å²) in [6.45, 7) is 6.27. The summed E-state index contributed by atoms with van der Waals surface area (Å²) in [6.07, 6.45) is 2.86. The molecular formula is C13H22N4OS. The van der Waals surface area contributed by atoms with Crippen molar-refractivity contribution in [2.45, 2.75) is 26.2 Å². The Balaban J connectivity index is 1.61. The number of nitrogen functional groups attached to an aromatic ring is 1. The third-order valence-corrected chi connectivity index (χ3v) is 4.26. The Bertz CT molecular complexity index is 413. The number of thiazole rings is 1. The first-order valence-electron chi connectivity index (χ1n) is 6.82. The highest BCUT2D eigenvalue weighted by atomic mass is 32.1. The van der Waals surface area contributed by atoms with E-state index in [9.17, 15) is 4.79 Å².